The number of sulfonamides is 1. The number of para-hydroxylation sites is 1. The first kappa shape index (κ1) is 20.7. The van der Waals surface area contributed by atoms with Crippen LogP contribution >= 0.6 is 0 Å². The second-order valence-electron chi connectivity index (χ2n) is 6.81. The van der Waals surface area contributed by atoms with Crippen LogP contribution in [0.25, 0.3) is 10.9 Å². The van der Waals surface area contributed by atoms with Crippen LogP contribution in [-0.4, -0.2) is 30.4 Å². The zero-order valence-electron chi connectivity index (χ0n) is 16.1. The fraction of sp³-hybridized carbons (Fsp3) is 0.250. The lowest BCUT2D eigenvalue weighted by Gasteiger charge is -2.20. The minimum absolute atomic E-state index is 0.0732. The molecule has 0 aliphatic heterocycles. The van der Waals surface area contributed by atoms with E-state index in [9.17, 15) is 13.2 Å². The van der Waals surface area contributed by atoms with Crippen LogP contribution in [0.5, 0.6) is 0 Å². The summed E-state index contributed by atoms with van der Waals surface area (Å²) in [5, 5.41) is 0.707. The summed E-state index contributed by atoms with van der Waals surface area (Å²) in [6.07, 6.45) is 0. The fourth-order valence-corrected chi connectivity index (χ4v) is 4.09. The lowest BCUT2D eigenvalue weighted by molar-refractivity contribution is -0.148. The number of hydrogen-bond donors (Lipinski definition) is 2. The van der Waals surface area contributed by atoms with Crippen LogP contribution in [0.15, 0.2) is 59.5 Å². The number of carbonyl (C=O) groups excluding carboxylic acids is 1. The smallest absolute Gasteiger partial charge is 0.324 e. The van der Waals surface area contributed by atoms with E-state index in [2.05, 4.69) is 14.7 Å². The SMILES string of the molecule is CC(C)[C@H](NS(=O)(=O)c1ccccc1)C(=O)OCc1nc(N)c2ccccc2n1. The van der Waals surface area contributed by atoms with Crippen molar-refractivity contribution in [1.82, 2.24) is 14.7 Å². The molecule has 0 radical (unpaired) electrons. The molecule has 1 heterocycles. The summed E-state index contributed by atoms with van der Waals surface area (Å²) in [7, 11) is -3.87. The summed E-state index contributed by atoms with van der Waals surface area (Å²) in [6, 6.07) is 14.0. The summed E-state index contributed by atoms with van der Waals surface area (Å²) < 4.78 is 32.8. The molecule has 0 bridgehead atoms. The topological polar surface area (TPSA) is 124 Å². The molecule has 0 amide bonds. The molecular weight excluding hydrogens is 392 g/mol. The third-order valence-corrected chi connectivity index (χ3v) is 5.74. The van der Waals surface area contributed by atoms with E-state index in [4.69, 9.17) is 10.5 Å². The van der Waals surface area contributed by atoms with Crippen LogP contribution < -0.4 is 10.5 Å². The van der Waals surface area contributed by atoms with E-state index in [-0.39, 0.29) is 29.1 Å². The van der Waals surface area contributed by atoms with Gasteiger partial charge in [-0.25, -0.2) is 18.4 Å². The molecule has 0 aliphatic rings. The summed E-state index contributed by atoms with van der Waals surface area (Å²) in [6.45, 7) is 3.23. The average Bonchev–Trinajstić information content (AvgIpc) is 2.71. The highest BCUT2D eigenvalue weighted by atomic mass is 32.2. The number of aromatic nitrogens is 2. The summed E-state index contributed by atoms with van der Waals surface area (Å²) >= 11 is 0. The molecule has 3 aromatic rings. The van der Waals surface area contributed by atoms with Crippen molar-refractivity contribution in [2.45, 2.75) is 31.4 Å². The van der Waals surface area contributed by atoms with Crippen LogP contribution in [0.2, 0.25) is 0 Å². The van der Waals surface area contributed by atoms with Crippen LogP contribution in [0, 0.1) is 5.92 Å². The molecule has 1 atom stereocenters. The number of fused-ring (bicyclic) bond motifs is 1. The minimum Gasteiger partial charge on any atom is -0.456 e. The Labute approximate surface area is 169 Å². The maximum absolute atomic E-state index is 12.6. The molecular formula is C20H22N4O4S. The third-order valence-electron chi connectivity index (χ3n) is 4.28. The Morgan fingerprint density at radius 1 is 1.07 bits per heavy atom. The number of nitrogens with two attached hydrogens (primary N) is 1. The van der Waals surface area contributed by atoms with E-state index in [0.717, 1.165) is 0 Å². The van der Waals surface area contributed by atoms with Gasteiger partial charge in [0.1, 0.15) is 11.9 Å². The van der Waals surface area contributed by atoms with Crippen molar-refractivity contribution in [3.63, 3.8) is 0 Å². The monoisotopic (exact) mass is 414 g/mol. The van der Waals surface area contributed by atoms with Crippen molar-refractivity contribution in [2.24, 2.45) is 5.92 Å². The first-order chi connectivity index (χ1) is 13.8. The van der Waals surface area contributed by atoms with E-state index in [1.54, 1.807) is 44.2 Å². The van der Waals surface area contributed by atoms with Crippen molar-refractivity contribution in [2.75, 3.05) is 5.73 Å². The molecule has 9 heteroatoms. The molecule has 2 aromatic carbocycles. The van der Waals surface area contributed by atoms with Gasteiger partial charge in [0, 0.05) is 5.39 Å². The van der Waals surface area contributed by atoms with Gasteiger partial charge in [-0.15, -0.1) is 0 Å². The second-order valence-corrected chi connectivity index (χ2v) is 8.52. The molecule has 0 fully saturated rings. The second kappa shape index (κ2) is 8.54. The Bertz CT molecular complexity index is 1120. The summed E-state index contributed by atoms with van der Waals surface area (Å²) in [4.78, 5) is 21.1. The van der Waals surface area contributed by atoms with Gasteiger partial charge in [-0.05, 0) is 30.2 Å². The lowest BCUT2D eigenvalue weighted by Crippen LogP contribution is -2.45. The number of nitrogen functional groups attached to an aromatic ring is 1. The van der Waals surface area contributed by atoms with Gasteiger partial charge < -0.3 is 10.5 Å². The molecule has 0 aliphatic carbocycles. The van der Waals surface area contributed by atoms with Gasteiger partial charge in [0.2, 0.25) is 10.0 Å². The van der Waals surface area contributed by atoms with Gasteiger partial charge in [-0.3, -0.25) is 4.79 Å². The standard InChI is InChI=1S/C20H22N4O4S/c1-13(2)18(24-29(26,27)14-8-4-3-5-9-14)20(25)28-12-17-22-16-11-7-6-10-15(16)19(21)23-17/h3-11,13,18,24H,12H2,1-2H3,(H2,21,22,23)/t18-/m0/s1. The normalized spacial score (nSPS) is 12.8. The van der Waals surface area contributed by atoms with Crippen molar-refractivity contribution < 1.29 is 17.9 Å². The minimum atomic E-state index is -3.87. The summed E-state index contributed by atoms with van der Waals surface area (Å²) in [5.74, 6) is -0.520. The molecule has 29 heavy (non-hydrogen) atoms. The average molecular weight is 414 g/mol. The molecule has 1 aromatic heterocycles. The number of benzene rings is 2. The number of nitrogens with one attached hydrogen (secondary N) is 1. The van der Waals surface area contributed by atoms with Gasteiger partial charge in [-0.1, -0.05) is 44.2 Å². The Balaban J connectivity index is 1.74. The number of hydrogen-bond acceptors (Lipinski definition) is 7. The Morgan fingerprint density at radius 3 is 2.41 bits per heavy atom. The van der Waals surface area contributed by atoms with Crippen molar-refractivity contribution in [3.8, 4) is 0 Å². The summed E-state index contributed by atoms with van der Waals surface area (Å²) in [5.41, 5.74) is 6.57. The molecule has 0 saturated carbocycles. The third kappa shape index (κ3) is 4.87. The fourth-order valence-electron chi connectivity index (χ4n) is 2.73. The van der Waals surface area contributed by atoms with E-state index >= 15 is 0 Å². The molecule has 8 nitrogen and oxygen atoms in total. The van der Waals surface area contributed by atoms with E-state index in [0.29, 0.717) is 10.9 Å². The van der Waals surface area contributed by atoms with Crippen LogP contribution in [0.1, 0.15) is 19.7 Å². The first-order valence-electron chi connectivity index (χ1n) is 9.03. The molecule has 0 spiro atoms. The Kier molecular flexibility index (Phi) is 6.09. The Morgan fingerprint density at radius 2 is 1.72 bits per heavy atom. The predicted octanol–water partition coefficient (Wildman–Crippen LogP) is 2.26. The maximum atomic E-state index is 12.6. The van der Waals surface area contributed by atoms with Gasteiger partial charge in [0.15, 0.2) is 12.4 Å². The highest BCUT2D eigenvalue weighted by Crippen LogP contribution is 2.18. The van der Waals surface area contributed by atoms with Crippen LogP contribution in [-0.2, 0) is 26.2 Å². The number of anilines is 1. The van der Waals surface area contributed by atoms with Gasteiger partial charge in [0.05, 0.1) is 10.4 Å². The van der Waals surface area contributed by atoms with Gasteiger partial charge >= 0.3 is 5.97 Å². The van der Waals surface area contributed by atoms with Crippen molar-refractivity contribution in [1.29, 1.82) is 0 Å². The lowest BCUT2D eigenvalue weighted by atomic mass is 10.1. The first-order valence-corrected chi connectivity index (χ1v) is 10.5. The molecule has 0 unspecified atom stereocenters. The number of rotatable bonds is 7. The van der Waals surface area contributed by atoms with Crippen molar-refractivity contribution in [3.05, 3.63) is 60.4 Å². The molecule has 152 valence electrons. The van der Waals surface area contributed by atoms with Gasteiger partial charge in [-0.2, -0.15) is 4.72 Å². The molecule has 3 N–H and O–H groups in total. The zero-order chi connectivity index (χ0) is 21.0. The molecule has 3 rings (SSSR count). The van der Waals surface area contributed by atoms with E-state index in [1.807, 2.05) is 12.1 Å². The van der Waals surface area contributed by atoms with E-state index in [1.165, 1.54) is 12.1 Å². The highest BCUT2D eigenvalue weighted by Gasteiger charge is 2.29. The quantitative estimate of drug-likeness (QED) is 0.568. The number of carbonyl (C=O) groups is 1. The predicted molar refractivity (Wildman–Crippen MR) is 109 cm³/mol. The zero-order valence-corrected chi connectivity index (χ0v) is 16.9. The molecule has 0 saturated heterocycles. The highest BCUT2D eigenvalue weighted by molar-refractivity contribution is 7.89. The van der Waals surface area contributed by atoms with E-state index < -0.39 is 22.0 Å². The van der Waals surface area contributed by atoms with Crippen molar-refractivity contribution >= 4 is 32.7 Å². The number of ether oxygens (including phenoxy) is 1. The largest absolute Gasteiger partial charge is 0.456 e. The maximum Gasteiger partial charge on any atom is 0.324 e. The van der Waals surface area contributed by atoms with Crippen LogP contribution in [0.3, 0.4) is 0 Å². The number of nitrogens with zero attached hydrogens (tertiary/aromatic N) is 2. The van der Waals surface area contributed by atoms with Gasteiger partial charge in [0.25, 0.3) is 0 Å². The Hall–Kier alpha value is -3.04. The van der Waals surface area contributed by atoms with Crippen LogP contribution in [0.4, 0.5) is 5.82 Å². The number of esters is 1.